The van der Waals surface area contributed by atoms with Crippen molar-refractivity contribution in [2.24, 2.45) is 5.41 Å². The Labute approximate surface area is 133 Å². The number of alkyl halides is 3. The third-order valence-corrected chi connectivity index (χ3v) is 3.99. The van der Waals surface area contributed by atoms with Crippen molar-refractivity contribution in [1.82, 2.24) is 0 Å². The summed E-state index contributed by atoms with van der Waals surface area (Å²) in [7, 11) is 0. The van der Waals surface area contributed by atoms with E-state index in [0.29, 0.717) is 11.0 Å². The van der Waals surface area contributed by atoms with Gasteiger partial charge in [0.25, 0.3) is 0 Å². The van der Waals surface area contributed by atoms with Gasteiger partial charge in [-0.3, -0.25) is 0 Å². The number of halogens is 4. The average Bonchev–Trinajstić information content (AvgIpc) is 2.36. The van der Waals surface area contributed by atoms with Gasteiger partial charge in [0.2, 0.25) is 0 Å². The highest BCUT2D eigenvalue weighted by molar-refractivity contribution is 9.10. The van der Waals surface area contributed by atoms with Crippen LogP contribution in [-0.2, 0) is 6.18 Å². The van der Waals surface area contributed by atoms with Gasteiger partial charge in [-0.15, -0.1) is 0 Å². The lowest BCUT2D eigenvalue weighted by atomic mass is 9.86. The predicted octanol–water partition coefficient (Wildman–Crippen LogP) is 6.49. The van der Waals surface area contributed by atoms with E-state index in [1.165, 1.54) is 6.07 Å². The van der Waals surface area contributed by atoms with Crippen LogP contribution in [0.1, 0.15) is 52.0 Å². The Balaban J connectivity index is 2.75. The molecule has 0 aliphatic heterocycles. The average molecular weight is 366 g/mol. The molecule has 1 rings (SSSR count). The van der Waals surface area contributed by atoms with Crippen LogP contribution in [0.2, 0.25) is 0 Å². The number of benzene rings is 1. The van der Waals surface area contributed by atoms with Crippen LogP contribution in [0.15, 0.2) is 22.7 Å². The zero-order valence-corrected chi connectivity index (χ0v) is 14.4. The highest BCUT2D eigenvalue weighted by Crippen LogP contribution is 2.37. The van der Waals surface area contributed by atoms with Crippen LogP contribution in [0.4, 0.5) is 18.9 Å². The number of hydrogen-bond donors (Lipinski definition) is 1. The summed E-state index contributed by atoms with van der Waals surface area (Å²) in [6.45, 7) is 6.84. The first kappa shape index (κ1) is 18.3. The number of hydrogen-bond acceptors (Lipinski definition) is 1. The molecule has 0 radical (unpaired) electrons. The van der Waals surface area contributed by atoms with Crippen LogP contribution in [0, 0.1) is 5.41 Å². The fourth-order valence-electron chi connectivity index (χ4n) is 2.18. The monoisotopic (exact) mass is 365 g/mol. The minimum atomic E-state index is -4.35. The Morgan fingerprint density at radius 2 is 1.81 bits per heavy atom. The molecule has 0 aliphatic rings. The molecule has 1 aromatic carbocycles. The number of rotatable bonds is 7. The van der Waals surface area contributed by atoms with Gasteiger partial charge in [-0.25, -0.2) is 0 Å². The Bertz CT molecular complexity index is 455. The largest absolute Gasteiger partial charge is 0.418 e. The van der Waals surface area contributed by atoms with Crippen molar-refractivity contribution in [1.29, 1.82) is 0 Å². The van der Waals surface area contributed by atoms with Crippen molar-refractivity contribution in [3.63, 3.8) is 0 Å². The van der Waals surface area contributed by atoms with Crippen LogP contribution in [0.25, 0.3) is 0 Å². The van der Waals surface area contributed by atoms with Crippen LogP contribution < -0.4 is 5.32 Å². The normalized spacial score (nSPS) is 12.5. The molecule has 0 amide bonds. The topological polar surface area (TPSA) is 12.0 Å². The van der Waals surface area contributed by atoms with Gasteiger partial charge in [0, 0.05) is 16.7 Å². The molecule has 1 N–H and O–H groups in total. The van der Waals surface area contributed by atoms with Gasteiger partial charge in [0.05, 0.1) is 5.56 Å². The quantitative estimate of drug-likeness (QED) is 0.544. The summed E-state index contributed by atoms with van der Waals surface area (Å²) < 4.78 is 39.5. The number of nitrogens with one attached hydrogen (secondary N) is 1. The number of unbranched alkanes of at least 4 members (excludes halogenated alkanes) is 2. The minimum Gasteiger partial charge on any atom is -0.384 e. The molecule has 0 bridgehead atoms. The molecule has 0 saturated heterocycles. The predicted molar refractivity (Wildman–Crippen MR) is 85.6 cm³/mol. The highest BCUT2D eigenvalue weighted by Gasteiger charge is 2.34. The Morgan fingerprint density at radius 3 is 2.38 bits per heavy atom. The molecule has 0 saturated carbocycles. The van der Waals surface area contributed by atoms with Crippen LogP contribution in [-0.4, -0.2) is 6.54 Å². The maximum Gasteiger partial charge on any atom is 0.418 e. The lowest BCUT2D eigenvalue weighted by Gasteiger charge is -2.26. The Morgan fingerprint density at radius 1 is 1.14 bits per heavy atom. The van der Waals surface area contributed by atoms with E-state index >= 15 is 0 Å². The molecule has 120 valence electrons. The zero-order valence-electron chi connectivity index (χ0n) is 12.8. The second-order valence-corrected chi connectivity index (χ2v) is 7.08. The second kappa shape index (κ2) is 7.52. The molecule has 5 heteroatoms. The number of anilines is 1. The molecule has 0 aromatic heterocycles. The van der Waals surface area contributed by atoms with Crippen LogP contribution in [0.3, 0.4) is 0 Å². The molecule has 0 aliphatic carbocycles. The van der Waals surface area contributed by atoms with Gasteiger partial charge in [-0.2, -0.15) is 13.2 Å². The molecule has 1 nitrogen and oxygen atoms in total. The zero-order chi connectivity index (χ0) is 16.1. The SMILES string of the molecule is CCCCCC(C)(C)CNc1ccc(Br)cc1C(F)(F)F. The van der Waals surface area contributed by atoms with Gasteiger partial charge >= 0.3 is 6.18 Å². The molecule has 0 fully saturated rings. The fourth-order valence-corrected chi connectivity index (χ4v) is 2.54. The van der Waals surface area contributed by atoms with Crippen LogP contribution >= 0.6 is 15.9 Å². The maximum atomic E-state index is 13.0. The molecule has 21 heavy (non-hydrogen) atoms. The van der Waals surface area contributed by atoms with Gasteiger partial charge in [0.1, 0.15) is 0 Å². The van der Waals surface area contributed by atoms with E-state index in [0.717, 1.165) is 31.7 Å². The van der Waals surface area contributed by atoms with Crippen molar-refractivity contribution in [2.75, 3.05) is 11.9 Å². The highest BCUT2D eigenvalue weighted by atomic mass is 79.9. The molecule has 0 unspecified atom stereocenters. The van der Waals surface area contributed by atoms with Crippen molar-refractivity contribution >= 4 is 21.6 Å². The van der Waals surface area contributed by atoms with Crippen molar-refractivity contribution in [3.05, 3.63) is 28.2 Å². The summed E-state index contributed by atoms with van der Waals surface area (Å²) in [5.41, 5.74) is -0.499. The standard InChI is InChI=1S/C16H23BrF3N/c1-4-5-6-9-15(2,3)11-21-14-8-7-12(17)10-13(14)16(18,19)20/h7-8,10,21H,4-6,9,11H2,1-3H3. The Hall–Kier alpha value is -0.710. The maximum absolute atomic E-state index is 13.0. The van der Waals surface area contributed by atoms with E-state index in [1.807, 2.05) is 0 Å². The molecular formula is C16H23BrF3N. The van der Waals surface area contributed by atoms with Crippen LogP contribution in [0.5, 0.6) is 0 Å². The first-order valence-electron chi connectivity index (χ1n) is 7.26. The second-order valence-electron chi connectivity index (χ2n) is 6.16. The summed E-state index contributed by atoms with van der Waals surface area (Å²) in [5, 5.41) is 2.97. The lowest BCUT2D eigenvalue weighted by Crippen LogP contribution is -2.24. The van der Waals surface area contributed by atoms with E-state index < -0.39 is 11.7 Å². The van der Waals surface area contributed by atoms with E-state index in [9.17, 15) is 13.2 Å². The molecule has 1 aromatic rings. The summed E-state index contributed by atoms with van der Waals surface area (Å²) in [6.07, 6.45) is 0.0752. The molecule has 0 heterocycles. The third-order valence-electron chi connectivity index (χ3n) is 3.50. The first-order valence-corrected chi connectivity index (χ1v) is 8.05. The van der Waals surface area contributed by atoms with Crippen molar-refractivity contribution in [2.45, 2.75) is 52.6 Å². The fraction of sp³-hybridized carbons (Fsp3) is 0.625. The van der Waals surface area contributed by atoms with Gasteiger partial charge in [-0.05, 0) is 30.0 Å². The summed E-state index contributed by atoms with van der Waals surface area (Å²) >= 11 is 3.09. The summed E-state index contributed by atoms with van der Waals surface area (Å²) in [6, 6.07) is 4.23. The molecule has 0 atom stereocenters. The molecular weight excluding hydrogens is 343 g/mol. The summed E-state index contributed by atoms with van der Waals surface area (Å²) in [4.78, 5) is 0. The third kappa shape index (κ3) is 6.29. The van der Waals surface area contributed by atoms with Gasteiger partial charge in [-0.1, -0.05) is 56.0 Å². The van der Waals surface area contributed by atoms with Crippen molar-refractivity contribution in [3.8, 4) is 0 Å². The van der Waals surface area contributed by atoms with E-state index in [1.54, 1.807) is 6.07 Å². The van der Waals surface area contributed by atoms with E-state index in [-0.39, 0.29) is 11.1 Å². The summed E-state index contributed by atoms with van der Waals surface area (Å²) in [5.74, 6) is 0. The van der Waals surface area contributed by atoms with Gasteiger partial charge < -0.3 is 5.32 Å². The van der Waals surface area contributed by atoms with E-state index in [2.05, 4.69) is 42.0 Å². The van der Waals surface area contributed by atoms with E-state index in [4.69, 9.17) is 0 Å². The molecule has 0 spiro atoms. The first-order chi connectivity index (χ1) is 9.65. The smallest absolute Gasteiger partial charge is 0.384 e. The minimum absolute atomic E-state index is 0.0227. The Kier molecular flexibility index (Phi) is 6.57. The van der Waals surface area contributed by atoms with Crippen molar-refractivity contribution < 1.29 is 13.2 Å². The van der Waals surface area contributed by atoms with Gasteiger partial charge in [0.15, 0.2) is 0 Å². The lowest BCUT2D eigenvalue weighted by molar-refractivity contribution is -0.137.